The zero-order valence-electron chi connectivity index (χ0n) is 16.0. The lowest BCUT2D eigenvalue weighted by Crippen LogP contribution is -2.44. The number of fused-ring (bicyclic) bond motifs is 1. The van der Waals surface area contributed by atoms with Crippen LogP contribution in [0.1, 0.15) is 47.8 Å². The van der Waals surface area contributed by atoms with E-state index >= 15 is 0 Å². The molecule has 7 nitrogen and oxygen atoms in total. The topological polar surface area (TPSA) is 86.0 Å². The van der Waals surface area contributed by atoms with Gasteiger partial charge in [0.1, 0.15) is 11.4 Å². The minimum atomic E-state index is -0.0515. The van der Waals surface area contributed by atoms with Crippen LogP contribution in [0.5, 0.6) is 5.75 Å². The van der Waals surface area contributed by atoms with Crippen molar-refractivity contribution in [2.45, 2.75) is 37.6 Å². The molecular weight excluding hydrogens is 354 g/mol. The van der Waals surface area contributed by atoms with Gasteiger partial charge >= 0.3 is 0 Å². The normalized spacial score (nSPS) is 17.8. The molecule has 0 radical (unpaired) electrons. The van der Waals surface area contributed by atoms with Crippen LogP contribution in [0.15, 0.2) is 30.3 Å². The molecule has 0 unspecified atom stereocenters. The Morgan fingerprint density at radius 3 is 2.75 bits per heavy atom. The Morgan fingerprint density at radius 2 is 2.00 bits per heavy atom. The number of piperidine rings is 1. The summed E-state index contributed by atoms with van der Waals surface area (Å²) < 4.78 is 5.25. The molecule has 2 fully saturated rings. The molecule has 7 heteroatoms. The summed E-state index contributed by atoms with van der Waals surface area (Å²) in [5, 5.41) is 11.8. The third-order valence-corrected chi connectivity index (χ3v) is 5.83. The molecule has 3 N–H and O–H groups in total. The van der Waals surface area contributed by atoms with Crippen LogP contribution in [-0.2, 0) is 0 Å². The van der Waals surface area contributed by atoms with Crippen LogP contribution in [0.4, 0.5) is 5.82 Å². The van der Waals surface area contributed by atoms with E-state index in [-0.39, 0.29) is 11.9 Å². The Labute approximate surface area is 163 Å². The van der Waals surface area contributed by atoms with Gasteiger partial charge in [0, 0.05) is 53.8 Å². The Balaban J connectivity index is 1.19. The van der Waals surface area contributed by atoms with Crippen LogP contribution < -0.4 is 15.0 Å². The van der Waals surface area contributed by atoms with E-state index in [1.165, 1.54) is 18.5 Å². The summed E-state index contributed by atoms with van der Waals surface area (Å²) in [6, 6.07) is 10.0. The van der Waals surface area contributed by atoms with E-state index in [4.69, 9.17) is 4.74 Å². The summed E-state index contributed by atoms with van der Waals surface area (Å²) in [7, 11) is 1.64. The van der Waals surface area contributed by atoms with Gasteiger partial charge in [0.2, 0.25) is 0 Å². The number of hydrogen-bond donors (Lipinski definition) is 3. The number of aromatic amines is 2. The van der Waals surface area contributed by atoms with E-state index in [1.807, 2.05) is 24.3 Å². The van der Waals surface area contributed by atoms with E-state index in [0.717, 1.165) is 48.4 Å². The molecule has 3 heterocycles. The van der Waals surface area contributed by atoms with Gasteiger partial charge in [-0.15, -0.1) is 0 Å². The summed E-state index contributed by atoms with van der Waals surface area (Å²) in [6.07, 6.45) is 4.39. The number of carbonyl (C=O) groups is 1. The second-order valence-corrected chi connectivity index (χ2v) is 7.83. The summed E-state index contributed by atoms with van der Waals surface area (Å²) in [4.78, 5) is 18.2. The van der Waals surface area contributed by atoms with Gasteiger partial charge in [0.15, 0.2) is 5.82 Å². The highest BCUT2D eigenvalue weighted by Crippen LogP contribution is 2.40. The van der Waals surface area contributed by atoms with Gasteiger partial charge in [0.25, 0.3) is 5.91 Å². The van der Waals surface area contributed by atoms with Crippen molar-refractivity contribution in [3.05, 3.63) is 41.7 Å². The molecule has 2 aliphatic rings. The first-order valence-corrected chi connectivity index (χ1v) is 9.97. The molecule has 5 rings (SSSR count). The highest BCUT2D eigenvalue weighted by atomic mass is 16.5. The van der Waals surface area contributed by atoms with Crippen molar-refractivity contribution in [3.63, 3.8) is 0 Å². The highest BCUT2D eigenvalue weighted by Gasteiger charge is 2.28. The summed E-state index contributed by atoms with van der Waals surface area (Å²) in [6.45, 7) is 1.81. The van der Waals surface area contributed by atoms with Crippen LogP contribution >= 0.6 is 0 Å². The number of rotatable bonds is 5. The molecule has 3 aromatic rings. The van der Waals surface area contributed by atoms with Gasteiger partial charge in [-0.25, -0.2) is 0 Å². The van der Waals surface area contributed by atoms with Crippen LogP contribution in [0.25, 0.3) is 10.9 Å². The molecule has 2 aromatic heterocycles. The minimum absolute atomic E-state index is 0.0515. The number of methoxy groups -OCH3 is 1. The first-order valence-electron chi connectivity index (χ1n) is 9.97. The van der Waals surface area contributed by atoms with Gasteiger partial charge in [0.05, 0.1) is 7.11 Å². The van der Waals surface area contributed by atoms with E-state index in [0.29, 0.717) is 11.6 Å². The molecule has 146 valence electrons. The fourth-order valence-electron chi connectivity index (χ4n) is 3.96. The second-order valence-electron chi connectivity index (χ2n) is 7.83. The van der Waals surface area contributed by atoms with Gasteiger partial charge in [-0.1, -0.05) is 0 Å². The van der Waals surface area contributed by atoms with Crippen LogP contribution in [0, 0.1) is 0 Å². The van der Waals surface area contributed by atoms with Crippen LogP contribution in [0.3, 0.4) is 0 Å². The Hall–Kier alpha value is -2.96. The Bertz CT molecular complexity index is 995. The standard InChI is InChI=1S/C21H25N5O2/c1-28-16-5-4-14-10-19(23-17(14)11-16)21(27)22-15-6-8-26(9-7-15)20-12-18(24-25-20)13-2-3-13/h4-5,10-13,15,23H,2-3,6-9H2,1H3,(H,22,27)(H,24,25). The quantitative estimate of drug-likeness (QED) is 0.636. The molecule has 1 saturated carbocycles. The van der Waals surface area contributed by atoms with Crippen molar-refractivity contribution in [1.29, 1.82) is 0 Å². The zero-order valence-corrected chi connectivity index (χ0v) is 16.0. The number of nitrogens with one attached hydrogen (secondary N) is 3. The smallest absolute Gasteiger partial charge is 0.267 e. The second kappa shape index (κ2) is 6.89. The number of benzene rings is 1. The molecule has 1 aliphatic heterocycles. The van der Waals surface area contributed by atoms with Gasteiger partial charge in [-0.3, -0.25) is 9.89 Å². The number of anilines is 1. The zero-order chi connectivity index (χ0) is 19.1. The molecule has 0 bridgehead atoms. The number of nitrogens with zero attached hydrogens (tertiary/aromatic N) is 2. The third-order valence-electron chi connectivity index (χ3n) is 5.83. The highest BCUT2D eigenvalue weighted by molar-refractivity contribution is 5.98. The molecule has 1 aliphatic carbocycles. The van der Waals surface area contributed by atoms with Crippen molar-refractivity contribution in [3.8, 4) is 5.75 Å². The maximum absolute atomic E-state index is 12.7. The monoisotopic (exact) mass is 379 g/mol. The molecule has 0 spiro atoms. The van der Waals surface area contributed by atoms with Crippen LogP contribution in [-0.4, -0.2) is 47.3 Å². The van der Waals surface area contributed by atoms with Gasteiger partial charge in [-0.05, 0) is 43.9 Å². The Kier molecular flexibility index (Phi) is 4.22. The first-order chi connectivity index (χ1) is 13.7. The fourth-order valence-corrected chi connectivity index (χ4v) is 3.96. The molecule has 1 amide bonds. The number of H-pyrrole nitrogens is 2. The van der Waals surface area contributed by atoms with E-state index < -0.39 is 0 Å². The van der Waals surface area contributed by atoms with Crippen LogP contribution in [0.2, 0.25) is 0 Å². The number of hydrogen-bond acceptors (Lipinski definition) is 4. The average molecular weight is 379 g/mol. The maximum Gasteiger partial charge on any atom is 0.267 e. The molecule has 1 saturated heterocycles. The molecular formula is C21H25N5O2. The third kappa shape index (κ3) is 3.32. The lowest BCUT2D eigenvalue weighted by atomic mass is 10.0. The van der Waals surface area contributed by atoms with E-state index in [9.17, 15) is 4.79 Å². The van der Waals surface area contributed by atoms with E-state index in [2.05, 4.69) is 31.5 Å². The van der Waals surface area contributed by atoms with Gasteiger partial charge in [-0.2, -0.15) is 5.10 Å². The molecule has 1 aromatic carbocycles. The SMILES string of the molecule is COc1ccc2cc(C(=O)NC3CCN(c4cc(C5CC5)[nH]n4)CC3)[nH]c2c1. The number of carbonyl (C=O) groups excluding carboxylic acids is 1. The number of amides is 1. The Morgan fingerprint density at radius 1 is 1.18 bits per heavy atom. The van der Waals surface area contributed by atoms with Crippen molar-refractivity contribution in [2.75, 3.05) is 25.1 Å². The predicted molar refractivity (Wildman–Crippen MR) is 108 cm³/mol. The molecule has 0 atom stereocenters. The predicted octanol–water partition coefficient (Wildman–Crippen LogP) is 3.18. The largest absolute Gasteiger partial charge is 0.497 e. The summed E-state index contributed by atoms with van der Waals surface area (Å²) >= 11 is 0. The maximum atomic E-state index is 12.7. The lowest BCUT2D eigenvalue weighted by molar-refractivity contribution is 0.0927. The first kappa shape index (κ1) is 17.2. The van der Waals surface area contributed by atoms with Gasteiger partial charge < -0.3 is 19.9 Å². The van der Waals surface area contributed by atoms with Crippen molar-refractivity contribution >= 4 is 22.6 Å². The minimum Gasteiger partial charge on any atom is -0.497 e. The van der Waals surface area contributed by atoms with Crippen molar-refractivity contribution in [2.24, 2.45) is 0 Å². The molecule has 28 heavy (non-hydrogen) atoms. The number of aromatic nitrogens is 3. The number of ether oxygens (including phenoxy) is 1. The average Bonchev–Trinajstić information content (AvgIpc) is 3.29. The lowest BCUT2D eigenvalue weighted by Gasteiger charge is -2.32. The summed E-state index contributed by atoms with van der Waals surface area (Å²) in [5.41, 5.74) is 2.76. The summed E-state index contributed by atoms with van der Waals surface area (Å²) in [5.74, 6) is 2.45. The van der Waals surface area contributed by atoms with Crippen molar-refractivity contribution < 1.29 is 9.53 Å². The van der Waals surface area contributed by atoms with E-state index in [1.54, 1.807) is 7.11 Å². The fraction of sp³-hybridized carbons (Fsp3) is 0.429. The van der Waals surface area contributed by atoms with Crippen molar-refractivity contribution in [1.82, 2.24) is 20.5 Å².